The summed E-state index contributed by atoms with van der Waals surface area (Å²) in [7, 11) is 0. The number of phenolic OH excluding ortho intramolecular Hbond substituents is 1. The van der Waals surface area contributed by atoms with E-state index in [0.717, 1.165) is 23.6 Å². The van der Waals surface area contributed by atoms with Crippen molar-refractivity contribution in [1.82, 2.24) is 0 Å². The van der Waals surface area contributed by atoms with Crippen molar-refractivity contribution >= 4 is 22.5 Å². The zero-order valence-electron chi connectivity index (χ0n) is 27.8. The van der Waals surface area contributed by atoms with Crippen molar-refractivity contribution in [2.75, 3.05) is 33.0 Å². The van der Waals surface area contributed by atoms with Crippen LogP contribution in [0.25, 0.3) is 10.8 Å². The summed E-state index contributed by atoms with van der Waals surface area (Å²) < 4.78 is 24.9. The number of hydrogen-bond donors (Lipinski definition) is 6. The number of rotatable bonds is 7. The number of aliphatic hydroxyl groups is 4. The number of aryl methyl sites for hydroxylation is 1. The van der Waals surface area contributed by atoms with Crippen molar-refractivity contribution in [3.8, 4) is 11.5 Å². The molecule has 3 fully saturated rings. The van der Waals surface area contributed by atoms with Crippen LogP contribution in [0.4, 0.5) is 0 Å². The lowest BCUT2D eigenvalue weighted by molar-refractivity contribution is -0.325. The summed E-state index contributed by atoms with van der Waals surface area (Å²) in [6.07, 6.45) is -1.58. The number of aromatic carboxylic acids is 1. The first-order chi connectivity index (χ1) is 23.4. The molecule has 1 spiro atoms. The fraction of sp³-hybridized carbons (Fsp3) is 0.568. The van der Waals surface area contributed by atoms with Gasteiger partial charge in [-0.3, -0.25) is 4.79 Å². The quantitative estimate of drug-likeness (QED) is 0.235. The molecule has 2 aliphatic carbocycles. The SMILES string of the molecule is CC(=O)c1c(C)cc2cc(C(=O)O)cc(O[C@H]3O[C@H](CO)[C@@]4(C[C@H]5C6=C(CC=C6[C@]6(CCO)COCC[C@@H]6[C@H]5C)CO4)[C@H](O)[C@H]3O)c2c1O. The number of ketones is 1. The number of allylic oxidation sites excluding steroid dienone is 2. The van der Waals surface area contributed by atoms with E-state index in [1.807, 2.05) is 0 Å². The number of carboxylic acids is 1. The van der Waals surface area contributed by atoms with E-state index in [1.165, 1.54) is 18.6 Å². The molecule has 0 radical (unpaired) electrons. The predicted octanol–water partition coefficient (Wildman–Crippen LogP) is 3.03. The van der Waals surface area contributed by atoms with Crippen LogP contribution in [0.15, 0.2) is 41.0 Å². The highest BCUT2D eigenvalue weighted by molar-refractivity contribution is 6.08. The van der Waals surface area contributed by atoms with Gasteiger partial charge in [0.05, 0.1) is 36.3 Å². The van der Waals surface area contributed by atoms with Gasteiger partial charge in [-0.2, -0.15) is 0 Å². The van der Waals surface area contributed by atoms with Crippen molar-refractivity contribution in [3.05, 3.63) is 57.7 Å². The van der Waals surface area contributed by atoms with Gasteiger partial charge in [-0.05, 0) is 97.1 Å². The van der Waals surface area contributed by atoms with Crippen LogP contribution in [0, 0.1) is 30.1 Å². The van der Waals surface area contributed by atoms with Gasteiger partial charge in [0, 0.05) is 18.6 Å². The van der Waals surface area contributed by atoms with Gasteiger partial charge in [0.2, 0.25) is 6.29 Å². The molecule has 0 aromatic heterocycles. The fourth-order valence-electron chi connectivity index (χ4n) is 9.76. The van der Waals surface area contributed by atoms with Crippen LogP contribution in [0.2, 0.25) is 0 Å². The smallest absolute Gasteiger partial charge is 0.335 e. The largest absolute Gasteiger partial charge is 0.506 e. The molecule has 0 amide bonds. The van der Waals surface area contributed by atoms with Crippen molar-refractivity contribution in [1.29, 1.82) is 0 Å². The Balaban J connectivity index is 1.25. The lowest BCUT2D eigenvalue weighted by atomic mass is 9.51. The summed E-state index contributed by atoms with van der Waals surface area (Å²) >= 11 is 0. The van der Waals surface area contributed by atoms with Crippen molar-refractivity contribution in [2.24, 2.45) is 23.2 Å². The third-order valence-corrected chi connectivity index (χ3v) is 12.0. The molecule has 0 unspecified atom stereocenters. The number of aromatic hydroxyl groups is 1. The van der Waals surface area contributed by atoms with Crippen LogP contribution in [0.5, 0.6) is 11.5 Å². The van der Waals surface area contributed by atoms with Crippen LogP contribution >= 0.6 is 0 Å². The molecule has 3 aliphatic heterocycles. The summed E-state index contributed by atoms with van der Waals surface area (Å²) in [6, 6.07) is 4.06. The topological polar surface area (TPSA) is 192 Å². The molecule has 12 heteroatoms. The average Bonchev–Trinajstić information content (AvgIpc) is 3.42. The Morgan fingerprint density at radius 3 is 2.61 bits per heavy atom. The maximum atomic E-state index is 12.4. The lowest BCUT2D eigenvalue weighted by Gasteiger charge is -2.57. The van der Waals surface area contributed by atoms with E-state index in [4.69, 9.17) is 18.9 Å². The van der Waals surface area contributed by atoms with Crippen LogP contribution in [-0.4, -0.2) is 106 Å². The number of benzene rings is 2. The minimum Gasteiger partial charge on any atom is -0.506 e. The van der Waals surface area contributed by atoms with E-state index in [1.54, 1.807) is 13.0 Å². The van der Waals surface area contributed by atoms with E-state index in [2.05, 4.69) is 13.0 Å². The number of carbonyl (C=O) groups excluding carboxylic acids is 1. The summed E-state index contributed by atoms with van der Waals surface area (Å²) in [6.45, 7) is 5.82. The number of carboxylic acid groups (broad SMARTS) is 1. The molecule has 9 atom stereocenters. The third-order valence-electron chi connectivity index (χ3n) is 12.0. The average molecular weight is 681 g/mol. The number of carbonyl (C=O) groups is 2. The molecule has 0 bridgehead atoms. The zero-order valence-corrected chi connectivity index (χ0v) is 27.8. The van der Waals surface area contributed by atoms with E-state index in [0.29, 0.717) is 31.6 Å². The molecule has 5 aliphatic rings. The first-order valence-corrected chi connectivity index (χ1v) is 17.0. The summed E-state index contributed by atoms with van der Waals surface area (Å²) in [4.78, 5) is 24.5. The minimum atomic E-state index is -1.72. The van der Waals surface area contributed by atoms with Crippen LogP contribution in [-0.2, 0) is 14.2 Å². The molecule has 1 saturated carbocycles. The van der Waals surface area contributed by atoms with Crippen molar-refractivity contribution in [3.63, 3.8) is 0 Å². The second kappa shape index (κ2) is 12.4. The van der Waals surface area contributed by atoms with Gasteiger partial charge in [0.15, 0.2) is 5.78 Å². The Labute approximate surface area is 283 Å². The molecular weight excluding hydrogens is 636 g/mol. The fourth-order valence-corrected chi connectivity index (χ4v) is 9.76. The number of fused-ring (bicyclic) bond motifs is 3. The maximum Gasteiger partial charge on any atom is 0.335 e. The van der Waals surface area contributed by atoms with Gasteiger partial charge in [-0.15, -0.1) is 0 Å². The molecule has 264 valence electrons. The van der Waals surface area contributed by atoms with Crippen molar-refractivity contribution in [2.45, 2.75) is 76.7 Å². The number of hydrogen-bond acceptors (Lipinski definition) is 11. The first-order valence-electron chi connectivity index (χ1n) is 17.0. The maximum absolute atomic E-state index is 12.4. The molecule has 2 aromatic carbocycles. The molecule has 7 rings (SSSR count). The predicted molar refractivity (Wildman–Crippen MR) is 174 cm³/mol. The van der Waals surface area contributed by atoms with E-state index in [9.17, 15) is 40.2 Å². The van der Waals surface area contributed by atoms with E-state index >= 15 is 0 Å². The highest BCUT2D eigenvalue weighted by atomic mass is 16.7. The second-order valence-corrected chi connectivity index (χ2v) is 14.4. The summed E-state index contributed by atoms with van der Waals surface area (Å²) in [5, 5.41) is 65.9. The normalized spacial score (nSPS) is 35.5. The molecule has 12 nitrogen and oxygen atoms in total. The third kappa shape index (κ3) is 5.06. The number of aliphatic hydroxyl groups excluding tert-OH is 4. The number of Topliss-reactive ketones (excluding diaryl/α,β-unsaturated/α-hetero) is 1. The Kier molecular flexibility index (Phi) is 8.66. The van der Waals surface area contributed by atoms with E-state index in [-0.39, 0.29) is 70.5 Å². The Hall–Kier alpha value is -3.36. The highest BCUT2D eigenvalue weighted by Gasteiger charge is 2.63. The van der Waals surface area contributed by atoms with Gasteiger partial charge in [-0.1, -0.05) is 19.1 Å². The van der Waals surface area contributed by atoms with Gasteiger partial charge >= 0.3 is 5.97 Å². The van der Waals surface area contributed by atoms with Crippen LogP contribution < -0.4 is 4.74 Å². The molecular formula is C37H44O12. The Bertz CT molecular complexity index is 1760. The van der Waals surface area contributed by atoms with Gasteiger partial charge in [0.1, 0.15) is 35.4 Å². The Morgan fingerprint density at radius 1 is 1.14 bits per heavy atom. The van der Waals surface area contributed by atoms with Gasteiger partial charge in [-0.25, -0.2) is 4.79 Å². The zero-order chi connectivity index (χ0) is 35.0. The monoisotopic (exact) mass is 680 g/mol. The molecule has 2 aromatic rings. The Morgan fingerprint density at radius 2 is 1.92 bits per heavy atom. The summed E-state index contributed by atoms with van der Waals surface area (Å²) in [5.41, 5.74) is 1.83. The highest BCUT2D eigenvalue weighted by Crippen LogP contribution is 2.63. The lowest BCUT2D eigenvalue weighted by Crippen LogP contribution is -2.69. The number of ether oxygens (including phenoxy) is 4. The molecule has 2 saturated heterocycles. The van der Waals surface area contributed by atoms with Crippen molar-refractivity contribution < 1.29 is 59.2 Å². The van der Waals surface area contributed by atoms with Gasteiger partial charge in [0.25, 0.3) is 0 Å². The van der Waals surface area contributed by atoms with Crippen LogP contribution in [0.1, 0.15) is 65.8 Å². The van der Waals surface area contributed by atoms with E-state index < -0.39 is 54.3 Å². The van der Waals surface area contributed by atoms with Gasteiger partial charge < -0.3 is 49.6 Å². The molecule has 6 N–H and O–H groups in total. The first kappa shape index (κ1) is 34.1. The van der Waals surface area contributed by atoms with Crippen LogP contribution in [0.3, 0.4) is 0 Å². The summed E-state index contributed by atoms with van der Waals surface area (Å²) in [5.74, 6) is -2.08. The second-order valence-electron chi connectivity index (χ2n) is 14.4. The standard InChI is InChI=1S/C37H44O12/c1-17-10-21-11-22(34(44)45)12-26(30(21)31(41)28(17)19(3)40)48-35-32(42)33(43)37(27(14-39)49-35)13-23-18(2)24-6-9-46-16-36(24,7-8-38)25-5-4-20(15-47-37)29(23)25/h5,10-12,18,23-24,27,32-33,35,38-39,41-43H,4,6-9,13-16H2,1-3H3,(H,44,45)/t18-,23+,24+,27+,32+,33+,35-,36+,37-/m0/s1. The molecule has 3 heterocycles. The minimum absolute atomic E-state index is 0.0302. The number of phenols is 1. The molecule has 49 heavy (non-hydrogen) atoms.